The van der Waals surface area contributed by atoms with E-state index in [1.807, 2.05) is 0 Å². The lowest BCUT2D eigenvalue weighted by Crippen LogP contribution is -2.48. The number of aliphatic hydroxyl groups excluding tert-OH is 1. The van der Waals surface area contributed by atoms with E-state index in [0.717, 1.165) is 32.0 Å². The van der Waals surface area contributed by atoms with Crippen LogP contribution in [0.2, 0.25) is 0 Å². The Morgan fingerprint density at radius 1 is 1.47 bits per heavy atom. The second-order valence-electron chi connectivity index (χ2n) is 5.11. The van der Waals surface area contributed by atoms with Gasteiger partial charge in [-0.2, -0.15) is 0 Å². The summed E-state index contributed by atoms with van der Waals surface area (Å²) in [4.78, 5) is 2.42. The molecule has 1 unspecified atom stereocenters. The molecule has 1 aliphatic rings. The molecule has 3 heteroatoms. The lowest BCUT2D eigenvalue weighted by atomic mass is 9.98. The third kappa shape index (κ3) is 4.49. The standard InChI is InChI=1S/C12H26N2O/c1-4-8-13-12(2,10-15)7-9-14(3)11-5-6-11/h11,13,15H,4-10H2,1-3H3. The lowest BCUT2D eigenvalue weighted by molar-refractivity contribution is 0.150. The van der Waals surface area contributed by atoms with E-state index in [1.54, 1.807) is 0 Å². The molecule has 1 saturated carbocycles. The summed E-state index contributed by atoms with van der Waals surface area (Å²) in [5, 5.41) is 12.8. The van der Waals surface area contributed by atoms with Gasteiger partial charge in [0.1, 0.15) is 0 Å². The van der Waals surface area contributed by atoms with Crippen molar-refractivity contribution in [3.8, 4) is 0 Å². The van der Waals surface area contributed by atoms with Gasteiger partial charge in [-0.1, -0.05) is 6.92 Å². The van der Waals surface area contributed by atoms with Crippen LogP contribution in [0.15, 0.2) is 0 Å². The Morgan fingerprint density at radius 3 is 2.60 bits per heavy atom. The molecule has 1 atom stereocenters. The first kappa shape index (κ1) is 12.9. The van der Waals surface area contributed by atoms with Crippen LogP contribution in [0.3, 0.4) is 0 Å². The van der Waals surface area contributed by atoms with Crippen LogP contribution in [-0.4, -0.2) is 48.3 Å². The van der Waals surface area contributed by atoms with Crippen LogP contribution >= 0.6 is 0 Å². The third-order valence-electron chi connectivity index (χ3n) is 3.34. The summed E-state index contributed by atoms with van der Waals surface area (Å²) >= 11 is 0. The highest BCUT2D eigenvalue weighted by Gasteiger charge is 2.28. The normalized spacial score (nSPS) is 20.6. The van der Waals surface area contributed by atoms with E-state index in [9.17, 15) is 5.11 Å². The fourth-order valence-corrected chi connectivity index (χ4v) is 1.77. The maximum absolute atomic E-state index is 9.40. The lowest BCUT2D eigenvalue weighted by Gasteiger charge is -2.31. The fraction of sp³-hybridized carbons (Fsp3) is 1.00. The van der Waals surface area contributed by atoms with Crippen molar-refractivity contribution >= 4 is 0 Å². The van der Waals surface area contributed by atoms with Gasteiger partial charge in [-0.3, -0.25) is 0 Å². The van der Waals surface area contributed by atoms with Gasteiger partial charge in [-0.25, -0.2) is 0 Å². The number of rotatable bonds is 8. The largest absolute Gasteiger partial charge is 0.394 e. The van der Waals surface area contributed by atoms with Crippen LogP contribution in [-0.2, 0) is 0 Å². The van der Waals surface area contributed by atoms with Crippen LogP contribution in [0.1, 0.15) is 39.5 Å². The first-order valence-electron chi connectivity index (χ1n) is 6.17. The summed E-state index contributed by atoms with van der Waals surface area (Å²) in [5.74, 6) is 0. The molecule has 0 aromatic heterocycles. The van der Waals surface area contributed by atoms with E-state index in [1.165, 1.54) is 12.8 Å². The zero-order valence-electron chi connectivity index (χ0n) is 10.4. The molecule has 3 nitrogen and oxygen atoms in total. The molecule has 15 heavy (non-hydrogen) atoms. The number of nitrogens with zero attached hydrogens (tertiary/aromatic N) is 1. The minimum Gasteiger partial charge on any atom is -0.394 e. The Hall–Kier alpha value is -0.120. The molecule has 2 N–H and O–H groups in total. The maximum atomic E-state index is 9.40. The average Bonchev–Trinajstić information content (AvgIpc) is 3.07. The van der Waals surface area contributed by atoms with E-state index in [0.29, 0.717) is 0 Å². The second kappa shape index (κ2) is 5.83. The quantitative estimate of drug-likeness (QED) is 0.638. The molecule has 1 aliphatic carbocycles. The Balaban J connectivity index is 2.24. The van der Waals surface area contributed by atoms with Crippen molar-refractivity contribution < 1.29 is 5.11 Å². The van der Waals surface area contributed by atoms with Crippen molar-refractivity contribution in [3.05, 3.63) is 0 Å². The Kier molecular flexibility index (Phi) is 5.03. The van der Waals surface area contributed by atoms with Gasteiger partial charge in [-0.15, -0.1) is 0 Å². The van der Waals surface area contributed by atoms with Gasteiger partial charge in [0.25, 0.3) is 0 Å². The van der Waals surface area contributed by atoms with E-state index >= 15 is 0 Å². The van der Waals surface area contributed by atoms with Crippen molar-refractivity contribution in [1.29, 1.82) is 0 Å². The summed E-state index contributed by atoms with van der Waals surface area (Å²) < 4.78 is 0. The highest BCUT2D eigenvalue weighted by atomic mass is 16.3. The highest BCUT2D eigenvalue weighted by molar-refractivity contribution is 4.87. The van der Waals surface area contributed by atoms with Gasteiger partial charge in [0.15, 0.2) is 0 Å². The molecule has 0 aliphatic heterocycles. The van der Waals surface area contributed by atoms with Crippen molar-refractivity contribution in [2.45, 2.75) is 51.1 Å². The minimum absolute atomic E-state index is 0.0981. The Bertz CT molecular complexity index is 182. The molecule has 90 valence electrons. The van der Waals surface area contributed by atoms with Crippen LogP contribution < -0.4 is 5.32 Å². The average molecular weight is 214 g/mol. The first-order chi connectivity index (χ1) is 7.11. The first-order valence-corrected chi connectivity index (χ1v) is 6.17. The SMILES string of the molecule is CCCNC(C)(CO)CCN(C)C1CC1. The molecule has 0 radical (unpaired) electrons. The second-order valence-corrected chi connectivity index (χ2v) is 5.11. The van der Waals surface area contributed by atoms with Crippen molar-refractivity contribution in [2.75, 3.05) is 26.7 Å². The molecular formula is C12H26N2O. The summed E-state index contributed by atoms with van der Waals surface area (Å²) in [6.07, 6.45) is 4.86. The number of hydrogen-bond acceptors (Lipinski definition) is 3. The molecule has 0 amide bonds. The van der Waals surface area contributed by atoms with Crippen LogP contribution in [0, 0.1) is 0 Å². The van der Waals surface area contributed by atoms with Gasteiger partial charge >= 0.3 is 0 Å². The zero-order chi connectivity index (χ0) is 11.3. The molecule has 0 saturated heterocycles. The Morgan fingerprint density at radius 2 is 2.13 bits per heavy atom. The van der Waals surface area contributed by atoms with Crippen molar-refractivity contribution in [3.63, 3.8) is 0 Å². The smallest absolute Gasteiger partial charge is 0.0611 e. The van der Waals surface area contributed by atoms with Crippen LogP contribution in [0.5, 0.6) is 0 Å². The molecule has 0 bridgehead atoms. The molecule has 0 aromatic rings. The molecule has 1 fully saturated rings. The molecule has 1 rings (SSSR count). The van der Waals surface area contributed by atoms with Crippen LogP contribution in [0.25, 0.3) is 0 Å². The van der Waals surface area contributed by atoms with E-state index in [4.69, 9.17) is 0 Å². The number of hydrogen-bond donors (Lipinski definition) is 2. The molecule has 0 spiro atoms. The van der Waals surface area contributed by atoms with Gasteiger partial charge in [-0.05, 0) is 52.7 Å². The maximum Gasteiger partial charge on any atom is 0.0611 e. The molecule has 0 heterocycles. The van der Waals surface area contributed by atoms with Crippen molar-refractivity contribution in [2.24, 2.45) is 0 Å². The zero-order valence-corrected chi connectivity index (χ0v) is 10.4. The van der Waals surface area contributed by atoms with Gasteiger partial charge in [0.05, 0.1) is 6.61 Å². The van der Waals surface area contributed by atoms with E-state index in [2.05, 4.69) is 31.1 Å². The van der Waals surface area contributed by atoms with Gasteiger partial charge in [0.2, 0.25) is 0 Å². The Labute approximate surface area is 93.9 Å². The number of aliphatic hydroxyl groups is 1. The predicted molar refractivity (Wildman–Crippen MR) is 64.1 cm³/mol. The summed E-state index contributed by atoms with van der Waals surface area (Å²) in [5.41, 5.74) is -0.0981. The third-order valence-corrected chi connectivity index (χ3v) is 3.34. The topological polar surface area (TPSA) is 35.5 Å². The van der Waals surface area contributed by atoms with Crippen molar-refractivity contribution in [1.82, 2.24) is 10.2 Å². The fourth-order valence-electron chi connectivity index (χ4n) is 1.77. The molecule has 0 aromatic carbocycles. The minimum atomic E-state index is -0.0981. The molecular weight excluding hydrogens is 188 g/mol. The summed E-state index contributed by atoms with van der Waals surface area (Å²) in [6.45, 7) is 6.57. The highest BCUT2D eigenvalue weighted by Crippen LogP contribution is 2.26. The summed E-state index contributed by atoms with van der Waals surface area (Å²) in [6, 6.07) is 0.819. The van der Waals surface area contributed by atoms with Gasteiger partial charge < -0.3 is 15.3 Å². The number of nitrogens with one attached hydrogen (secondary N) is 1. The summed E-state index contributed by atoms with van der Waals surface area (Å²) in [7, 11) is 2.19. The van der Waals surface area contributed by atoms with E-state index in [-0.39, 0.29) is 12.1 Å². The van der Waals surface area contributed by atoms with Gasteiger partial charge in [0, 0.05) is 11.6 Å². The predicted octanol–water partition coefficient (Wildman–Crippen LogP) is 1.22. The monoisotopic (exact) mass is 214 g/mol. The van der Waals surface area contributed by atoms with E-state index < -0.39 is 0 Å². The van der Waals surface area contributed by atoms with Crippen LogP contribution in [0.4, 0.5) is 0 Å².